The highest BCUT2D eigenvalue weighted by Gasteiger charge is 2.53. The molecule has 0 radical (unpaired) electrons. The van der Waals surface area contributed by atoms with Crippen molar-refractivity contribution in [1.29, 1.82) is 0 Å². The number of piperidine rings is 1. The number of imidazole rings is 1. The molecule has 35 nitrogen and oxygen atoms in total. The first-order valence-electron chi connectivity index (χ1n) is 48.3. The summed E-state index contributed by atoms with van der Waals surface area (Å²) < 4.78 is 117. The number of methoxy groups -OCH3 is 4. The minimum Gasteiger partial charge on any atom is -0.481 e. The van der Waals surface area contributed by atoms with Crippen LogP contribution in [0.3, 0.4) is 0 Å². The predicted octanol–water partition coefficient (Wildman–Crippen LogP) is 10.1. The number of aliphatic hydroxyl groups excluding tert-OH is 3. The number of anilines is 2. The van der Waals surface area contributed by atoms with Gasteiger partial charge in [0.15, 0.2) is 6.61 Å². The fraction of sp³-hybridized carbons (Fsp3) is 0.614. The number of hydrogen-bond acceptors (Lipinski definition) is 30. The van der Waals surface area contributed by atoms with Gasteiger partial charge in [-0.05, 0) is 149 Å². The summed E-state index contributed by atoms with van der Waals surface area (Å²) in [6.45, 7) is 17.5. The number of carbonyl (C=O) groups is 5. The van der Waals surface area contributed by atoms with Crippen molar-refractivity contribution < 1.29 is 119 Å². The average Bonchev–Trinajstić information content (AvgIpc) is 1.59. The van der Waals surface area contributed by atoms with Gasteiger partial charge < -0.3 is 107 Å². The number of rotatable bonds is 37. The summed E-state index contributed by atoms with van der Waals surface area (Å²) in [7, 11) is 7.66. The Labute approximate surface area is 810 Å². The number of allylic oxidation sites excluding steroid dienone is 5. The molecule has 6 aromatic rings. The van der Waals surface area contributed by atoms with Crippen LogP contribution in [0.5, 0.6) is 5.88 Å². The van der Waals surface area contributed by atoms with E-state index in [9.17, 15) is 49.2 Å². The van der Waals surface area contributed by atoms with Crippen LogP contribution in [0.1, 0.15) is 143 Å². The molecule has 0 spiro atoms. The molecule has 38 heteroatoms. The molecule has 4 aliphatic heterocycles. The van der Waals surface area contributed by atoms with Gasteiger partial charge in [0, 0.05) is 158 Å². The van der Waals surface area contributed by atoms with Gasteiger partial charge in [-0.25, -0.2) is 24.5 Å². The molecule has 3 saturated heterocycles. The summed E-state index contributed by atoms with van der Waals surface area (Å²) in [5.41, 5.74) is 3.85. The molecule has 4 fully saturated rings. The van der Waals surface area contributed by atoms with E-state index in [2.05, 4.69) is 35.7 Å². The third-order valence-corrected chi connectivity index (χ3v) is 26.8. The van der Waals surface area contributed by atoms with Crippen LogP contribution in [-0.2, 0) is 101 Å². The van der Waals surface area contributed by atoms with Crippen molar-refractivity contribution >= 4 is 68.8 Å². The second kappa shape index (κ2) is 53.7. The second-order valence-corrected chi connectivity index (χ2v) is 36.8. The number of nitrogens with zero attached hydrogens (tertiary/aromatic N) is 10. The number of fused-ring (bicyclic) bond motifs is 6. The molecular formula is C101H141F3N12O23. The molecular weight excluding hydrogens is 1810 g/mol. The van der Waals surface area contributed by atoms with Crippen LogP contribution < -0.4 is 30.9 Å². The van der Waals surface area contributed by atoms with Crippen molar-refractivity contribution in [1.82, 2.24) is 44.6 Å². The fourth-order valence-electron chi connectivity index (χ4n) is 18.6. The summed E-state index contributed by atoms with van der Waals surface area (Å²) in [5, 5.41) is 57.9. The fourth-order valence-corrected chi connectivity index (χ4v) is 18.6. The number of pyridine rings is 2. The molecule has 0 unspecified atom stereocenters. The van der Waals surface area contributed by atoms with Crippen LogP contribution in [0.25, 0.3) is 38.8 Å². The number of aliphatic hydroxyl groups is 4. The number of esters is 1. The lowest BCUT2D eigenvalue weighted by molar-refractivity contribution is -0.265. The number of piperazine rings is 1. The van der Waals surface area contributed by atoms with E-state index in [1.54, 1.807) is 89.9 Å². The first-order valence-corrected chi connectivity index (χ1v) is 48.3. The van der Waals surface area contributed by atoms with Crippen molar-refractivity contribution in [2.24, 2.45) is 47.7 Å². The Morgan fingerprint density at radius 3 is 2.00 bits per heavy atom. The van der Waals surface area contributed by atoms with Crippen LogP contribution in [0.2, 0.25) is 0 Å². The molecule has 764 valence electrons. The van der Waals surface area contributed by atoms with E-state index >= 15 is 13.2 Å². The zero-order chi connectivity index (χ0) is 99.9. The van der Waals surface area contributed by atoms with E-state index < -0.39 is 114 Å². The van der Waals surface area contributed by atoms with Crippen molar-refractivity contribution in [3.05, 3.63) is 143 Å². The summed E-state index contributed by atoms with van der Waals surface area (Å²) in [6.07, 6.45) is 11.8. The molecule has 1 saturated carbocycles. The van der Waals surface area contributed by atoms with E-state index in [-0.39, 0.29) is 138 Å². The third-order valence-electron chi connectivity index (χ3n) is 26.8. The Hall–Kier alpha value is -10.0. The normalized spacial score (nSPS) is 26.7. The Balaban J connectivity index is 0.555. The van der Waals surface area contributed by atoms with Crippen LogP contribution in [0.4, 0.5) is 24.8 Å². The number of aromatic nitrogens is 6. The molecule has 5 aliphatic rings. The number of oxime groups is 1. The number of halogens is 3. The van der Waals surface area contributed by atoms with E-state index in [1.165, 1.54) is 40.4 Å². The Morgan fingerprint density at radius 1 is 0.669 bits per heavy atom. The largest absolute Gasteiger partial charge is 0.481 e. The maximum atomic E-state index is 15.1. The molecule has 16 atom stereocenters. The lowest BCUT2D eigenvalue weighted by atomic mass is 9.78. The standard InChI is InChI=1S/C101H141F3N12O23/c1-64-18-14-13-15-19-65(2)85(127-9)56-76-26-21-70(7)100(126,139-76)95(122)96(123)115-33-17-16-20-81(115)97(124)138-86(67(4)52-71-22-29-83(117)87(53-71)128-10)57-84(118)66(3)51-69(6)93(121)94(130-12)91(68(5)50-64)111-137-63-89(120)105-32-39-132-41-43-134-45-47-136-49-48-135-46-44-133-42-40-131-38-31-88(119)107-58-72-59-109-98(110-60-72)114-36-34-113(35-37-114)80-28-25-75(55-78(80)101(102,103)104)116-92-77-54-73(74-24-30-90(129-11)108-61-74)23-27-79(77)106-62-82(92)112(8)99(116)125/h13-15,18-19,23-25,27-28,30,51,54-55,59-62,64,66-68,70-71,76,81,83-87,93-94,117-118,121,126H,16-17,20-22,26,29,31-50,52-53,56-58,63H2,1-12H3,(H,105,120)(H,107,119)/b15-13+,18-14+,65-19+,69-51+,111-91+/t64-,66-,67-,68-,70-,71+,76+,81+,83-,84-,85+,86+,87-,93-,94+,100-/m1/s1. The topological polar surface area (TPSA) is 411 Å². The number of carbonyl (C=O) groups excluding carboxylic acids is 5. The first-order chi connectivity index (χ1) is 66.8. The zero-order valence-electron chi connectivity index (χ0n) is 82.0. The van der Waals surface area contributed by atoms with E-state index in [1.807, 2.05) is 81.2 Å². The quantitative estimate of drug-likeness (QED) is 0.00694. The van der Waals surface area contributed by atoms with Crippen molar-refractivity contribution in [2.75, 3.05) is 163 Å². The van der Waals surface area contributed by atoms with Crippen molar-refractivity contribution in [2.45, 2.75) is 205 Å². The SMILES string of the molecule is COc1ccc(-c2ccc3ncc4c(c3c2)n(-c2ccc(N3CCN(c5ncc(CNC(=O)CCOCCOCCOCCOCCOCCOCCNC(=O)CO/N=C6\[C@H](C)C[C@H](C)/C=C/C=C/C=C(\C)[C@@H](OC)C[C@@H]7CC[C@@H](C)[C@@](O)(O7)C(=O)C(=O)N7CCCC[C@H]7C(=O)O[C@H]([C@H](C)C[C@@H]7CC[C@@H](O)[C@H](OC)C7)C[C@@H](O)[C@H](C)/C=C(\C)[C@@H](O)[C@H]6OC)cn5)CC3)c(C(F)(F)F)c2)c(=O)n4C)cn1. The Morgan fingerprint density at radius 2 is 1.35 bits per heavy atom. The highest BCUT2D eigenvalue weighted by atomic mass is 19.4. The van der Waals surface area contributed by atoms with Gasteiger partial charge in [0.05, 0.1) is 157 Å². The van der Waals surface area contributed by atoms with Gasteiger partial charge >= 0.3 is 17.8 Å². The summed E-state index contributed by atoms with van der Waals surface area (Å²) >= 11 is 0. The molecule has 139 heavy (non-hydrogen) atoms. The summed E-state index contributed by atoms with van der Waals surface area (Å²) in [4.78, 5) is 112. The van der Waals surface area contributed by atoms with Crippen molar-refractivity contribution in [3.8, 4) is 22.7 Å². The second-order valence-electron chi connectivity index (χ2n) is 36.8. The zero-order valence-corrected chi connectivity index (χ0v) is 82.0. The number of alkyl halides is 3. The number of nitrogens with one attached hydrogen (secondary N) is 2. The molecule has 2 bridgehead atoms. The van der Waals surface area contributed by atoms with E-state index in [0.29, 0.717) is 168 Å². The summed E-state index contributed by atoms with van der Waals surface area (Å²) in [6, 6.07) is 11.9. The lowest BCUT2D eigenvalue weighted by Crippen LogP contribution is -2.61. The Bertz CT molecular complexity index is 5190. The number of hydrogen-bond donors (Lipinski definition) is 6. The van der Waals surface area contributed by atoms with Crippen molar-refractivity contribution in [3.63, 3.8) is 0 Å². The van der Waals surface area contributed by atoms with Gasteiger partial charge in [0.1, 0.15) is 24.4 Å². The smallest absolute Gasteiger partial charge is 0.418 e. The Kier molecular flexibility index (Phi) is 42.3. The number of cyclic esters (lactones) is 1. The van der Waals surface area contributed by atoms with Gasteiger partial charge in [0.25, 0.3) is 17.6 Å². The van der Waals surface area contributed by atoms with Crippen LogP contribution in [-0.4, -0.2) is 304 Å². The molecule has 2 aromatic carbocycles. The van der Waals surface area contributed by atoms with Gasteiger partial charge in [-0.15, -0.1) is 0 Å². The lowest BCUT2D eigenvalue weighted by Gasteiger charge is -2.43. The third kappa shape index (κ3) is 30.5. The van der Waals surface area contributed by atoms with Gasteiger partial charge in [0.2, 0.25) is 23.5 Å². The highest BCUT2D eigenvalue weighted by molar-refractivity contribution is 6.39. The monoisotopic (exact) mass is 1950 g/mol. The van der Waals surface area contributed by atoms with Gasteiger partial charge in [-0.2, -0.15) is 13.2 Å². The number of Topliss-reactive ketones (excluding diaryl/α,β-unsaturated/α-hetero) is 1. The van der Waals surface area contributed by atoms with E-state index in [4.69, 9.17) is 61.7 Å². The van der Waals surface area contributed by atoms with E-state index in [0.717, 1.165) is 22.8 Å². The number of ether oxygens (including phenoxy) is 12. The first kappa shape index (κ1) is 109. The molecule has 6 N–H and O–H groups in total. The average molecular weight is 1950 g/mol. The number of amides is 3. The minimum atomic E-state index is -4.76. The molecule has 3 amide bonds. The predicted molar refractivity (Wildman–Crippen MR) is 514 cm³/mol. The molecule has 4 aromatic heterocycles. The van der Waals surface area contributed by atoms with Gasteiger partial charge in [-0.1, -0.05) is 82.3 Å². The molecule has 8 heterocycles. The number of aryl methyl sites for hydroxylation is 1. The summed E-state index contributed by atoms with van der Waals surface area (Å²) in [5.74, 6) is -7.34. The molecule has 11 rings (SSSR count). The highest BCUT2D eigenvalue weighted by Crippen LogP contribution is 2.42. The number of ketones is 1. The van der Waals surface area contributed by atoms with Crippen LogP contribution in [0.15, 0.2) is 131 Å². The maximum absolute atomic E-state index is 15.1. The minimum absolute atomic E-state index is 0.0133. The van der Waals surface area contributed by atoms with Crippen LogP contribution in [0, 0.1) is 35.5 Å². The van der Waals surface area contributed by atoms with Gasteiger partial charge in [-0.3, -0.25) is 33.3 Å². The molecule has 1 aliphatic carbocycles. The number of benzene rings is 2. The maximum Gasteiger partial charge on any atom is 0.418 e. The van der Waals surface area contributed by atoms with Crippen LogP contribution >= 0.6 is 0 Å².